The van der Waals surface area contributed by atoms with Crippen LogP contribution in [0.15, 0.2) is 48.5 Å². The van der Waals surface area contributed by atoms with Crippen molar-refractivity contribution in [1.82, 2.24) is 0 Å². The number of para-hydroxylation sites is 1. The van der Waals surface area contributed by atoms with Crippen LogP contribution in [0.2, 0.25) is 0 Å². The average Bonchev–Trinajstić information content (AvgIpc) is 2.46. The van der Waals surface area contributed by atoms with Gasteiger partial charge < -0.3 is 20.9 Å². The zero-order chi connectivity index (χ0) is 15.2. The van der Waals surface area contributed by atoms with Crippen molar-refractivity contribution in [3.8, 4) is 11.5 Å². The lowest BCUT2D eigenvalue weighted by molar-refractivity contribution is -0.119. The summed E-state index contributed by atoms with van der Waals surface area (Å²) in [6.07, 6.45) is 0. The van der Waals surface area contributed by atoms with Gasteiger partial charge >= 0.3 is 0 Å². The lowest BCUT2D eigenvalue weighted by Crippen LogP contribution is -2.20. The summed E-state index contributed by atoms with van der Waals surface area (Å²) in [6.45, 7) is 1.80. The van der Waals surface area contributed by atoms with E-state index in [9.17, 15) is 9.90 Å². The van der Waals surface area contributed by atoms with E-state index in [0.29, 0.717) is 5.75 Å². The molecule has 5 heteroatoms. The van der Waals surface area contributed by atoms with E-state index in [-0.39, 0.29) is 18.4 Å². The first-order valence-electron chi connectivity index (χ1n) is 6.62. The minimum atomic E-state index is -0.518. The van der Waals surface area contributed by atoms with Gasteiger partial charge in [-0.2, -0.15) is 0 Å². The summed E-state index contributed by atoms with van der Waals surface area (Å²) in [7, 11) is 0. The molecule has 0 saturated carbocycles. The molecule has 1 amide bonds. The molecule has 0 spiro atoms. The highest BCUT2D eigenvalue weighted by Gasteiger charge is 2.09. The van der Waals surface area contributed by atoms with Crippen LogP contribution >= 0.6 is 0 Å². The van der Waals surface area contributed by atoms with Crippen molar-refractivity contribution >= 4 is 11.6 Å². The Labute approximate surface area is 123 Å². The number of carbonyl (C=O) groups is 1. The standard InChI is InChI=1S/C16H18N2O3/c1-11(14-7-2-3-8-15(14)19)18-12-5-4-6-13(9-12)21-10-16(17)20/h2-9,11,18-19H,10H2,1H3,(H2,17,20). The summed E-state index contributed by atoms with van der Waals surface area (Å²) in [5.41, 5.74) is 6.68. The molecule has 21 heavy (non-hydrogen) atoms. The number of nitrogens with one attached hydrogen (secondary N) is 1. The van der Waals surface area contributed by atoms with Gasteiger partial charge in [0, 0.05) is 17.3 Å². The number of nitrogens with two attached hydrogens (primary N) is 1. The maximum Gasteiger partial charge on any atom is 0.255 e. The maximum atomic E-state index is 10.7. The summed E-state index contributed by atoms with van der Waals surface area (Å²) in [5.74, 6) is 0.290. The highest BCUT2D eigenvalue weighted by atomic mass is 16.5. The molecule has 0 saturated heterocycles. The third kappa shape index (κ3) is 4.14. The topological polar surface area (TPSA) is 84.6 Å². The number of ether oxygens (including phenoxy) is 1. The molecular weight excluding hydrogens is 268 g/mol. The number of carbonyl (C=O) groups excluding carboxylic acids is 1. The second kappa shape index (κ2) is 6.65. The highest BCUT2D eigenvalue weighted by molar-refractivity contribution is 5.75. The lowest BCUT2D eigenvalue weighted by Gasteiger charge is -2.17. The smallest absolute Gasteiger partial charge is 0.255 e. The number of benzene rings is 2. The minimum absolute atomic E-state index is 0.0717. The zero-order valence-corrected chi connectivity index (χ0v) is 11.7. The normalized spacial score (nSPS) is 11.7. The molecule has 0 aromatic heterocycles. The highest BCUT2D eigenvalue weighted by Crippen LogP contribution is 2.27. The monoisotopic (exact) mass is 286 g/mol. The minimum Gasteiger partial charge on any atom is -0.508 e. The van der Waals surface area contributed by atoms with Crippen LogP contribution in [0.5, 0.6) is 11.5 Å². The summed E-state index contributed by atoms with van der Waals surface area (Å²) in [5, 5.41) is 13.1. The van der Waals surface area contributed by atoms with E-state index in [1.807, 2.05) is 31.2 Å². The molecule has 0 aliphatic rings. The summed E-state index contributed by atoms with van der Waals surface area (Å²) >= 11 is 0. The molecule has 2 rings (SSSR count). The Morgan fingerprint density at radius 3 is 2.76 bits per heavy atom. The predicted molar refractivity (Wildman–Crippen MR) is 81.3 cm³/mol. The average molecular weight is 286 g/mol. The molecule has 110 valence electrons. The van der Waals surface area contributed by atoms with E-state index in [1.165, 1.54) is 0 Å². The van der Waals surface area contributed by atoms with E-state index < -0.39 is 5.91 Å². The molecule has 1 unspecified atom stereocenters. The fraction of sp³-hybridized carbons (Fsp3) is 0.188. The zero-order valence-electron chi connectivity index (χ0n) is 11.7. The van der Waals surface area contributed by atoms with E-state index in [0.717, 1.165) is 11.3 Å². The third-order valence-corrected chi connectivity index (χ3v) is 3.00. The number of primary amides is 1. The molecule has 0 radical (unpaired) electrons. The quantitative estimate of drug-likeness (QED) is 0.761. The van der Waals surface area contributed by atoms with Gasteiger partial charge in [-0.3, -0.25) is 4.79 Å². The molecule has 5 nitrogen and oxygen atoms in total. The van der Waals surface area contributed by atoms with E-state index in [1.54, 1.807) is 24.3 Å². The van der Waals surface area contributed by atoms with E-state index in [2.05, 4.69) is 5.32 Å². The van der Waals surface area contributed by atoms with Crippen LogP contribution in [0.1, 0.15) is 18.5 Å². The van der Waals surface area contributed by atoms with Crippen molar-refractivity contribution in [3.63, 3.8) is 0 Å². The number of hydrogen-bond donors (Lipinski definition) is 3. The van der Waals surface area contributed by atoms with Gasteiger partial charge in [0.15, 0.2) is 6.61 Å². The first-order chi connectivity index (χ1) is 10.1. The van der Waals surface area contributed by atoms with Crippen molar-refractivity contribution in [2.75, 3.05) is 11.9 Å². The Morgan fingerprint density at radius 1 is 1.29 bits per heavy atom. The van der Waals surface area contributed by atoms with Gasteiger partial charge in [-0.25, -0.2) is 0 Å². The Balaban J connectivity index is 2.07. The van der Waals surface area contributed by atoms with Crippen LogP contribution in [0, 0.1) is 0 Å². The van der Waals surface area contributed by atoms with Crippen LogP contribution in [0.4, 0.5) is 5.69 Å². The Morgan fingerprint density at radius 2 is 2.05 bits per heavy atom. The van der Waals surface area contributed by atoms with E-state index >= 15 is 0 Å². The molecule has 0 bridgehead atoms. The molecule has 2 aromatic rings. The number of amides is 1. The second-order valence-corrected chi connectivity index (χ2v) is 4.71. The van der Waals surface area contributed by atoms with E-state index in [4.69, 9.17) is 10.5 Å². The van der Waals surface area contributed by atoms with Crippen LogP contribution in [0.3, 0.4) is 0 Å². The SMILES string of the molecule is CC(Nc1cccc(OCC(N)=O)c1)c1ccccc1O. The van der Waals surface area contributed by atoms with Gasteiger partial charge in [-0.05, 0) is 25.1 Å². The molecule has 2 aromatic carbocycles. The van der Waals surface area contributed by atoms with Gasteiger partial charge in [-0.15, -0.1) is 0 Å². The number of phenols is 1. The van der Waals surface area contributed by atoms with Crippen molar-refractivity contribution in [2.24, 2.45) is 5.73 Å². The predicted octanol–water partition coefficient (Wildman–Crippen LogP) is 2.43. The summed E-state index contributed by atoms with van der Waals surface area (Å²) in [4.78, 5) is 10.7. The largest absolute Gasteiger partial charge is 0.508 e. The molecule has 0 heterocycles. The Bertz CT molecular complexity index is 628. The third-order valence-electron chi connectivity index (χ3n) is 3.00. The van der Waals surface area contributed by atoms with Crippen molar-refractivity contribution in [2.45, 2.75) is 13.0 Å². The number of aromatic hydroxyl groups is 1. The van der Waals surface area contributed by atoms with Crippen LogP contribution in [-0.2, 0) is 4.79 Å². The molecule has 0 fully saturated rings. The van der Waals surface area contributed by atoms with Gasteiger partial charge in [-0.1, -0.05) is 24.3 Å². The van der Waals surface area contributed by atoms with Gasteiger partial charge in [0.25, 0.3) is 5.91 Å². The first kappa shape index (κ1) is 14.7. The van der Waals surface area contributed by atoms with Crippen molar-refractivity contribution in [1.29, 1.82) is 0 Å². The number of phenolic OH excluding ortho intramolecular Hbond substituents is 1. The van der Waals surface area contributed by atoms with Crippen molar-refractivity contribution in [3.05, 3.63) is 54.1 Å². The number of hydrogen-bond acceptors (Lipinski definition) is 4. The van der Waals surface area contributed by atoms with Crippen LogP contribution in [0.25, 0.3) is 0 Å². The van der Waals surface area contributed by atoms with Crippen LogP contribution in [-0.4, -0.2) is 17.6 Å². The van der Waals surface area contributed by atoms with Gasteiger partial charge in [0.05, 0.1) is 6.04 Å². The molecular formula is C16H18N2O3. The lowest BCUT2D eigenvalue weighted by atomic mass is 10.1. The van der Waals surface area contributed by atoms with Gasteiger partial charge in [0.2, 0.25) is 0 Å². The molecule has 4 N–H and O–H groups in total. The second-order valence-electron chi connectivity index (χ2n) is 4.71. The number of anilines is 1. The fourth-order valence-electron chi connectivity index (χ4n) is 2.01. The Kier molecular flexibility index (Phi) is 4.66. The van der Waals surface area contributed by atoms with Crippen LogP contribution < -0.4 is 15.8 Å². The Hall–Kier alpha value is -2.69. The fourth-order valence-corrected chi connectivity index (χ4v) is 2.01. The summed E-state index contributed by atoms with van der Waals surface area (Å²) < 4.78 is 5.26. The van der Waals surface area contributed by atoms with Crippen molar-refractivity contribution < 1.29 is 14.6 Å². The number of rotatable bonds is 6. The first-order valence-corrected chi connectivity index (χ1v) is 6.62. The maximum absolute atomic E-state index is 10.7. The molecule has 0 aliphatic carbocycles. The molecule has 1 atom stereocenters. The van der Waals surface area contributed by atoms with Gasteiger partial charge in [0.1, 0.15) is 11.5 Å². The summed E-state index contributed by atoms with van der Waals surface area (Å²) in [6, 6.07) is 14.3. The molecule has 0 aliphatic heterocycles.